The van der Waals surface area contributed by atoms with Crippen LogP contribution in [0.3, 0.4) is 0 Å². The van der Waals surface area contributed by atoms with Crippen molar-refractivity contribution in [2.75, 3.05) is 5.32 Å². The number of anilines is 1. The normalized spacial score (nSPS) is 11.0. The van der Waals surface area contributed by atoms with Crippen LogP contribution in [-0.4, -0.2) is 12.0 Å². The molecular formula is C19H18N2O2. The second-order valence-corrected chi connectivity index (χ2v) is 5.23. The molecule has 0 fully saturated rings. The highest BCUT2D eigenvalue weighted by Gasteiger charge is 2.09. The molecule has 0 aliphatic rings. The summed E-state index contributed by atoms with van der Waals surface area (Å²) in [4.78, 5) is 12.2. The standard InChI is InChI=1S/C19H18N2O2/c1-14(2)23-18-10-8-17(9-11-18)21-19(22)16(13-20)12-15-6-4-3-5-7-15/h3-12,14H,1-2H3,(H,21,22)/b16-12-. The first-order valence-corrected chi connectivity index (χ1v) is 7.33. The maximum Gasteiger partial charge on any atom is 0.266 e. The van der Waals surface area contributed by atoms with E-state index in [0.717, 1.165) is 11.3 Å². The van der Waals surface area contributed by atoms with Crippen molar-refractivity contribution in [1.82, 2.24) is 0 Å². The van der Waals surface area contributed by atoms with Gasteiger partial charge in [0.15, 0.2) is 0 Å². The minimum atomic E-state index is -0.436. The summed E-state index contributed by atoms with van der Waals surface area (Å²) in [5.41, 5.74) is 1.47. The lowest BCUT2D eigenvalue weighted by molar-refractivity contribution is -0.112. The lowest BCUT2D eigenvalue weighted by Crippen LogP contribution is -2.13. The number of rotatable bonds is 5. The molecule has 2 aromatic carbocycles. The van der Waals surface area contributed by atoms with Gasteiger partial charge in [-0.2, -0.15) is 5.26 Å². The third-order valence-electron chi connectivity index (χ3n) is 2.96. The fourth-order valence-electron chi connectivity index (χ4n) is 1.95. The largest absolute Gasteiger partial charge is 0.491 e. The Kier molecular flexibility index (Phi) is 5.54. The summed E-state index contributed by atoms with van der Waals surface area (Å²) in [6.07, 6.45) is 1.65. The quantitative estimate of drug-likeness (QED) is 0.670. The van der Waals surface area contributed by atoms with E-state index in [9.17, 15) is 10.1 Å². The Bertz CT molecular complexity index is 726. The maximum atomic E-state index is 12.2. The van der Waals surface area contributed by atoms with Gasteiger partial charge in [0.1, 0.15) is 17.4 Å². The van der Waals surface area contributed by atoms with Crippen molar-refractivity contribution in [3.8, 4) is 11.8 Å². The van der Waals surface area contributed by atoms with Crippen LogP contribution in [0.4, 0.5) is 5.69 Å². The van der Waals surface area contributed by atoms with Gasteiger partial charge in [-0.1, -0.05) is 30.3 Å². The fraction of sp³-hybridized carbons (Fsp3) is 0.158. The highest BCUT2D eigenvalue weighted by Crippen LogP contribution is 2.17. The smallest absolute Gasteiger partial charge is 0.266 e. The molecule has 0 heterocycles. The zero-order valence-electron chi connectivity index (χ0n) is 13.1. The number of amides is 1. The van der Waals surface area contributed by atoms with Crippen molar-refractivity contribution >= 4 is 17.7 Å². The maximum absolute atomic E-state index is 12.2. The van der Waals surface area contributed by atoms with Crippen LogP contribution in [0.5, 0.6) is 5.75 Å². The van der Waals surface area contributed by atoms with Crippen molar-refractivity contribution in [2.24, 2.45) is 0 Å². The molecule has 4 nitrogen and oxygen atoms in total. The molecule has 0 aliphatic carbocycles. The van der Waals surface area contributed by atoms with Crippen molar-refractivity contribution in [1.29, 1.82) is 5.26 Å². The third-order valence-corrected chi connectivity index (χ3v) is 2.96. The van der Waals surface area contributed by atoms with E-state index in [1.807, 2.05) is 50.2 Å². The van der Waals surface area contributed by atoms with E-state index in [0.29, 0.717) is 5.69 Å². The van der Waals surface area contributed by atoms with Gasteiger partial charge in [-0.3, -0.25) is 4.79 Å². The van der Waals surface area contributed by atoms with Gasteiger partial charge in [-0.25, -0.2) is 0 Å². The van der Waals surface area contributed by atoms with Gasteiger partial charge in [-0.15, -0.1) is 0 Å². The number of hydrogen-bond donors (Lipinski definition) is 1. The predicted octanol–water partition coefficient (Wildman–Crippen LogP) is 4.02. The van der Waals surface area contributed by atoms with Crippen molar-refractivity contribution < 1.29 is 9.53 Å². The SMILES string of the molecule is CC(C)Oc1ccc(NC(=O)/C(C#N)=C\c2ccccc2)cc1. The Labute approximate surface area is 136 Å². The molecule has 0 aliphatic heterocycles. The van der Waals surface area contributed by atoms with Crippen LogP contribution in [0.2, 0.25) is 0 Å². The molecule has 0 aromatic heterocycles. The number of ether oxygens (including phenoxy) is 1. The highest BCUT2D eigenvalue weighted by atomic mass is 16.5. The number of hydrogen-bond acceptors (Lipinski definition) is 3. The summed E-state index contributed by atoms with van der Waals surface area (Å²) < 4.78 is 5.55. The summed E-state index contributed by atoms with van der Waals surface area (Å²) in [6, 6.07) is 18.2. The van der Waals surface area contributed by atoms with E-state index in [1.54, 1.807) is 30.3 Å². The summed E-state index contributed by atoms with van der Waals surface area (Å²) in [6.45, 7) is 3.90. The van der Waals surface area contributed by atoms with Gasteiger partial charge in [0, 0.05) is 5.69 Å². The predicted molar refractivity (Wildman–Crippen MR) is 90.9 cm³/mol. The average Bonchev–Trinajstić information content (AvgIpc) is 2.55. The first kappa shape index (κ1) is 16.3. The fourth-order valence-corrected chi connectivity index (χ4v) is 1.95. The van der Waals surface area contributed by atoms with Gasteiger partial charge in [0.05, 0.1) is 6.10 Å². The van der Waals surface area contributed by atoms with Gasteiger partial charge in [-0.05, 0) is 49.8 Å². The van der Waals surface area contributed by atoms with Gasteiger partial charge < -0.3 is 10.1 Å². The Hall–Kier alpha value is -3.06. The first-order valence-electron chi connectivity index (χ1n) is 7.33. The zero-order chi connectivity index (χ0) is 16.7. The number of nitriles is 1. The van der Waals surface area contributed by atoms with E-state index >= 15 is 0 Å². The molecule has 1 N–H and O–H groups in total. The minimum absolute atomic E-state index is 0.0544. The van der Waals surface area contributed by atoms with Crippen LogP contribution in [0.1, 0.15) is 19.4 Å². The molecule has 2 aromatic rings. The number of benzene rings is 2. The Morgan fingerprint density at radius 1 is 1.13 bits per heavy atom. The molecule has 0 saturated heterocycles. The van der Waals surface area contributed by atoms with E-state index in [1.165, 1.54) is 0 Å². The molecule has 116 valence electrons. The molecule has 0 spiro atoms. The zero-order valence-corrected chi connectivity index (χ0v) is 13.1. The first-order chi connectivity index (χ1) is 11.1. The third kappa shape index (κ3) is 5.01. The molecule has 4 heteroatoms. The van der Waals surface area contributed by atoms with Crippen molar-refractivity contribution in [2.45, 2.75) is 20.0 Å². The number of nitrogens with zero attached hydrogens (tertiary/aromatic N) is 1. The highest BCUT2D eigenvalue weighted by molar-refractivity contribution is 6.09. The molecule has 1 amide bonds. The van der Waals surface area contributed by atoms with Crippen LogP contribution in [0.15, 0.2) is 60.2 Å². The van der Waals surface area contributed by atoms with Gasteiger partial charge in [0.25, 0.3) is 5.91 Å². The van der Waals surface area contributed by atoms with Crippen LogP contribution in [0.25, 0.3) is 6.08 Å². The monoisotopic (exact) mass is 306 g/mol. The summed E-state index contributed by atoms with van der Waals surface area (Å²) in [7, 11) is 0. The van der Waals surface area contributed by atoms with Gasteiger partial charge >= 0.3 is 0 Å². The van der Waals surface area contributed by atoms with E-state index in [4.69, 9.17) is 4.74 Å². The van der Waals surface area contributed by atoms with E-state index < -0.39 is 5.91 Å². The summed E-state index contributed by atoms with van der Waals surface area (Å²) >= 11 is 0. The van der Waals surface area contributed by atoms with Crippen LogP contribution < -0.4 is 10.1 Å². The molecule has 0 radical (unpaired) electrons. The van der Waals surface area contributed by atoms with Gasteiger partial charge in [0.2, 0.25) is 0 Å². The molecule has 0 saturated carbocycles. The van der Waals surface area contributed by atoms with Crippen LogP contribution >= 0.6 is 0 Å². The van der Waals surface area contributed by atoms with Crippen molar-refractivity contribution in [3.63, 3.8) is 0 Å². The minimum Gasteiger partial charge on any atom is -0.491 e. The molecule has 0 atom stereocenters. The summed E-state index contributed by atoms with van der Waals surface area (Å²) in [5, 5.41) is 11.9. The molecule has 0 unspecified atom stereocenters. The topological polar surface area (TPSA) is 62.1 Å². The second-order valence-electron chi connectivity index (χ2n) is 5.23. The van der Waals surface area contributed by atoms with Crippen LogP contribution in [0, 0.1) is 11.3 Å². The molecule has 0 bridgehead atoms. The number of nitrogens with one attached hydrogen (secondary N) is 1. The van der Waals surface area contributed by atoms with Crippen LogP contribution in [-0.2, 0) is 4.79 Å². The Morgan fingerprint density at radius 3 is 2.35 bits per heavy atom. The molecular weight excluding hydrogens is 288 g/mol. The molecule has 23 heavy (non-hydrogen) atoms. The number of carbonyl (C=O) groups excluding carboxylic acids is 1. The van der Waals surface area contributed by atoms with E-state index in [-0.39, 0.29) is 11.7 Å². The average molecular weight is 306 g/mol. The molecule has 2 rings (SSSR count). The Morgan fingerprint density at radius 2 is 1.78 bits per heavy atom. The van der Waals surface area contributed by atoms with Crippen molar-refractivity contribution in [3.05, 3.63) is 65.7 Å². The van der Waals surface area contributed by atoms with E-state index in [2.05, 4.69) is 5.32 Å². The summed E-state index contributed by atoms with van der Waals surface area (Å²) in [5.74, 6) is 0.298. The lowest BCUT2D eigenvalue weighted by atomic mass is 10.1. The number of carbonyl (C=O) groups is 1. The lowest BCUT2D eigenvalue weighted by Gasteiger charge is -2.10. The Balaban J connectivity index is 2.08. The second kappa shape index (κ2) is 7.81.